The van der Waals surface area contributed by atoms with E-state index >= 15 is 0 Å². The summed E-state index contributed by atoms with van der Waals surface area (Å²) in [4.78, 5) is 28.6. The summed E-state index contributed by atoms with van der Waals surface area (Å²) in [5.41, 5.74) is 0.874. The van der Waals surface area contributed by atoms with Gasteiger partial charge in [0.2, 0.25) is 10.9 Å². The topological polar surface area (TPSA) is 113 Å². The van der Waals surface area contributed by atoms with E-state index in [2.05, 4.69) is 14.3 Å². The molecular weight excluding hydrogens is 366 g/mol. The van der Waals surface area contributed by atoms with Crippen LogP contribution >= 0.6 is 11.5 Å². The lowest BCUT2D eigenvalue weighted by Crippen LogP contribution is -2.50. The van der Waals surface area contributed by atoms with E-state index in [4.69, 9.17) is 0 Å². The average Bonchev–Trinajstić information content (AvgIpc) is 3.15. The Balaban J connectivity index is 1.59. The number of carbonyl (C=O) groups is 2. The highest BCUT2D eigenvalue weighted by atomic mass is 32.2. The van der Waals surface area contributed by atoms with Crippen LogP contribution in [0.3, 0.4) is 0 Å². The molecular formula is C14H15N5O4S2. The van der Waals surface area contributed by atoms with E-state index in [-0.39, 0.29) is 11.8 Å². The van der Waals surface area contributed by atoms with Gasteiger partial charge in [-0.1, -0.05) is 4.49 Å². The van der Waals surface area contributed by atoms with E-state index in [9.17, 15) is 18.0 Å². The van der Waals surface area contributed by atoms with Crippen LogP contribution in [0.4, 0.5) is 5.69 Å². The van der Waals surface area contributed by atoms with Crippen LogP contribution in [0.2, 0.25) is 0 Å². The highest BCUT2D eigenvalue weighted by Crippen LogP contribution is 2.15. The van der Waals surface area contributed by atoms with Gasteiger partial charge < -0.3 is 9.80 Å². The Hall–Kier alpha value is -2.53. The van der Waals surface area contributed by atoms with Gasteiger partial charge in [0.15, 0.2) is 0 Å². The van der Waals surface area contributed by atoms with Gasteiger partial charge in [0.1, 0.15) is 4.88 Å². The Bertz CT molecular complexity index is 819. The van der Waals surface area contributed by atoms with Gasteiger partial charge >= 0.3 is 0 Å². The molecule has 25 heavy (non-hydrogen) atoms. The third-order valence-corrected chi connectivity index (χ3v) is 4.87. The van der Waals surface area contributed by atoms with Crippen molar-refractivity contribution in [3.8, 4) is 0 Å². The van der Waals surface area contributed by atoms with Gasteiger partial charge in [0.25, 0.3) is 11.8 Å². The Morgan fingerprint density at radius 1 is 1.00 bits per heavy atom. The second-order valence-corrected chi connectivity index (χ2v) is 6.84. The predicted octanol–water partition coefficient (Wildman–Crippen LogP) is 0.0746. The normalized spacial score (nSPS) is 14.6. The Morgan fingerprint density at radius 3 is 2.12 bits per heavy atom. The third kappa shape index (κ3) is 4.12. The molecule has 2 heterocycles. The third-order valence-electron chi connectivity index (χ3n) is 3.78. The SMILES string of the molecule is O=C(c1ccc(N[SH](=O)=O)cc1)N1CCN(C(=O)c2cnns2)CC1. The lowest BCUT2D eigenvalue weighted by molar-refractivity contribution is 0.0538. The Labute approximate surface area is 149 Å². The van der Waals surface area contributed by atoms with Crippen LogP contribution in [0.25, 0.3) is 0 Å². The molecule has 0 atom stereocenters. The van der Waals surface area contributed by atoms with Gasteiger partial charge in [0.05, 0.1) is 6.20 Å². The van der Waals surface area contributed by atoms with E-state index in [1.165, 1.54) is 18.3 Å². The fourth-order valence-corrected chi connectivity index (χ4v) is 3.35. The number of hydrogen-bond donors (Lipinski definition) is 2. The van der Waals surface area contributed by atoms with E-state index < -0.39 is 10.9 Å². The van der Waals surface area contributed by atoms with Crippen molar-refractivity contribution in [1.29, 1.82) is 0 Å². The molecule has 1 aromatic carbocycles. The summed E-state index contributed by atoms with van der Waals surface area (Å²) in [6, 6.07) is 6.22. The first-order chi connectivity index (χ1) is 12.0. The molecule has 1 N–H and O–H groups in total. The zero-order chi connectivity index (χ0) is 17.8. The fourth-order valence-electron chi connectivity index (χ4n) is 2.51. The molecule has 0 bridgehead atoms. The first-order valence-corrected chi connectivity index (χ1v) is 9.36. The summed E-state index contributed by atoms with van der Waals surface area (Å²) in [6.45, 7) is 1.75. The van der Waals surface area contributed by atoms with Gasteiger partial charge in [0, 0.05) is 37.4 Å². The number of benzene rings is 1. The van der Waals surface area contributed by atoms with Gasteiger partial charge in [-0.25, -0.2) is 8.42 Å². The summed E-state index contributed by atoms with van der Waals surface area (Å²) in [5.74, 6) is -0.270. The van der Waals surface area contributed by atoms with Crippen molar-refractivity contribution in [2.75, 3.05) is 30.9 Å². The number of thiol groups is 1. The van der Waals surface area contributed by atoms with Crippen molar-refractivity contribution in [3.63, 3.8) is 0 Å². The summed E-state index contributed by atoms with van der Waals surface area (Å²) in [6.07, 6.45) is 1.44. The maximum atomic E-state index is 12.5. The first kappa shape index (κ1) is 17.3. The maximum absolute atomic E-state index is 12.5. The fraction of sp³-hybridized carbons (Fsp3) is 0.286. The number of piperazine rings is 1. The molecule has 1 aromatic heterocycles. The largest absolute Gasteiger partial charge is 0.335 e. The molecule has 3 rings (SSSR count). The highest BCUT2D eigenvalue weighted by Gasteiger charge is 2.26. The van der Waals surface area contributed by atoms with E-state index in [1.807, 2.05) is 0 Å². The molecule has 1 saturated heterocycles. The van der Waals surface area contributed by atoms with Crippen LogP contribution in [0, 0.1) is 0 Å². The highest BCUT2D eigenvalue weighted by molar-refractivity contribution is 7.73. The lowest BCUT2D eigenvalue weighted by atomic mass is 10.1. The number of nitrogens with one attached hydrogen (secondary N) is 1. The second kappa shape index (κ2) is 7.57. The minimum absolute atomic E-state index is 0.121. The minimum Gasteiger partial charge on any atom is -0.335 e. The summed E-state index contributed by atoms with van der Waals surface area (Å²) >= 11 is 1.05. The molecule has 9 nitrogen and oxygen atoms in total. The minimum atomic E-state index is -2.73. The molecule has 0 saturated carbocycles. The number of rotatable bonds is 4. The number of anilines is 1. The number of aromatic nitrogens is 2. The monoisotopic (exact) mass is 381 g/mol. The van der Waals surface area contributed by atoms with Crippen LogP contribution in [0.1, 0.15) is 20.0 Å². The van der Waals surface area contributed by atoms with Gasteiger partial charge in [-0.3, -0.25) is 14.3 Å². The van der Waals surface area contributed by atoms with Gasteiger partial charge in [-0.15, -0.1) is 5.10 Å². The molecule has 11 heteroatoms. The molecule has 2 amide bonds. The van der Waals surface area contributed by atoms with E-state index in [0.717, 1.165) is 11.5 Å². The quantitative estimate of drug-likeness (QED) is 0.725. The predicted molar refractivity (Wildman–Crippen MR) is 92.1 cm³/mol. The molecule has 2 aromatic rings. The van der Waals surface area contributed by atoms with Crippen LogP contribution in [-0.4, -0.2) is 65.8 Å². The first-order valence-electron chi connectivity index (χ1n) is 7.41. The van der Waals surface area contributed by atoms with Crippen molar-refractivity contribution < 1.29 is 18.0 Å². The van der Waals surface area contributed by atoms with Crippen molar-refractivity contribution in [1.82, 2.24) is 19.4 Å². The van der Waals surface area contributed by atoms with Crippen LogP contribution < -0.4 is 4.72 Å². The zero-order valence-corrected chi connectivity index (χ0v) is 14.7. The van der Waals surface area contributed by atoms with Gasteiger partial charge in [-0.2, -0.15) is 0 Å². The molecule has 0 unspecified atom stereocenters. The summed E-state index contributed by atoms with van der Waals surface area (Å²) in [5, 5.41) is 3.66. The second-order valence-electron chi connectivity index (χ2n) is 5.31. The van der Waals surface area contributed by atoms with Crippen LogP contribution in [0.5, 0.6) is 0 Å². The Kier molecular flexibility index (Phi) is 5.24. The van der Waals surface area contributed by atoms with Crippen molar-refractivity contribution >= 4 is 39.9 Å². The molecule has 0 aliphatic carbocycles. The van der Waals surface area contributed by atoms with E-state index in [0.29, 0.717) is 42.3 Å². The molecule has 0 radical (unpaired) electrons. The van der Waals surface area contributed by atoms with E-state index in [1.54, 1.807) is 21.9 Å². The van der Waals surface area contributed by atoms with Crippen molar-refractivity contribution in [3.05, 3.63) is 40.9 Å². The van der Waals surface area contributed by atoms with Crippen molar-refractivity contribution in [2.45, 2.75) is 0 Å². The van der Waals surface area contributed by atoms with Crippen LogP contribution in [0.15, 0.2) is 30.5 Å². The smallest absolute Gasteiger partial charge is 0.267 e. The molecule has 132 valence electrons. The molecule has 1 fully saturated rings. The molecule has 1 aliphatic heterocycles. The van der Waals surface area contributed by atoms with Crippen LogP contribution in [-0.2, 0) is 10.9 Å². The number of nitrogens with zero attached hydrogens (tertiary/aromatic N) is 4. The van der Waals surface area contributed by atoms with Crippen molar-refractivity contribution in [2.24, 2.45) is 0 Å². The number of amides is 2. The average molecular weight is 381 g/mol. The van der Waals surface area contributed by atoms with Gasteiger partial charge in [-0.05, 0) is 35.8 Å². The standard InChI is InChI=1S/C14H15N5O4S2/c20-13(10-1-3-11(4-2-10)16-25(22)23)18-5-7-19(8-6-18)14(21)12-9-15-17-24-12/h1-4,9,25H,5-8H2,(H,16,22,23). The summed E-state index contributed by atoms with van der Waals surface area (Å²) in [7, 11) is -2.73. The lowest BCUT2D eigenvalue weighted by Gasteiger charge is -2.34. The Morgan fingerprint density at radius 2 is 1.60 bits per heavy atom. The molecule has 1 aliphatic rings. The summed E-state index contributed by atoms with van der Waals surface area (Å²) < 4.78 is 27.2. The molecule has 0 spiro atoms. The zero-order valence-electron chi connectivity index (χ0n) is 13.0. The maximum Gasteiger partial charge on any atom is 0.267 e. The number of hydrogen-bond acceptors (Lipinski definition) is 7. The number of carbonyl (C=O) groups excluding carboxylic acids is 2.